The van der Waals surface area contributed by atoms with Crippen LogP contribution >= 0.6 is 0 Å². The smallest absolute Gasteiger partial charge is 0.283 e. The monoisotopic (exact) mass is 346 g/mol. The van der Waals surface area contributed by atoms with Gasteiger partial charge in [0, 0.05) is 37.6 Å². The van der Waals surface area contributed by atoms with Crippen LogP contribution in [0.2, 0.25) is 0 Å². The van der Waals surface area contributed by atoms with Gasteiger partial charge < -0.3 is 8.98 Å². The number of nitrogens with zero attached hydrogens (tertiary/aromatic N) is 6. The number of hydrogen-bond donors (Lipinski definition) is 0. The van der Waals surface area contributed by atoms with Crippen molar-refractivity contribution in [3.63, 3.8) is 0 Å². The van der Waals surface area contributed by atoms with Crippen molar-refractivity contribution in [2.45, 2.75) is 0 Å². The number of rotatable bonds is 2. The van der Waals surface area contributed by atoms with Crippen molar-refractivity contribution in [2.75, 3.05) is 0 Å². The number of aromatic nitrogens is 6. The molecular weight excluding hydrogens is 332 g/mol. The average molecular weight is 346 g/mol. The molecule has 0 amide bonds. The van der Waals surface area contributed by atoms with Crippen molar-refractivity contribution in [1.29, 1.82) is 0 Å². The molecule has 0 radical (unpaired) electrons. The van der Waals surface area contributed by atoms with Crippen molar-refractivity contribution in [3.8, 4) is 16.8 Å². The molecule has 0 aliphatic rings. The van der Waals surface area contributed by atoms with Gasteiger partial charge in [-0.15, -0.1) is 0 Å². The van der Waals surface area contributed by atoms with E-state index in [-0.39, 0.29) is 5.56 Å². The topological polar surface area (TPSA) is 83.7 Å². The van der Waals surface area contributed by atoms with Gasteiger partial charge in [0.2, 0.25) is 0 Å². The molecule has 0 aliphatic heterocycles. The van der Waals surface area contributed by atoms with Gasteiger partial charge in [0.05, 0.1) is 23.7 Å². The highest BCUT2D eigenvalue weighted by Crippen LogP contribution is 2.27. The Hall–Kier alpha value is -3.68. The zero-order valence-electron chi connectivity index (χ0n) is 14.1. The highest BCUT2D eigenvalue weighted by atomic mass is 16.3. The standard InChI is InChI=1S/C18H14N6O2/c1-22-9-19-16-17(22)13(11-6-21-23(2)7-11)8-24(18(16)25)12-3-4-15-14(5-12)20-10-26-15/h3-10H,1-2H3. The van der Waals surface area contributed by atoms with Gasteiger partial charge in [-0.3, -0.25) is 14.0 Å². The fraction of sp³-hybridized carbons (Fsp3) is 0.111. The predicted octanol–water partition coefficient (Wildman–Crippen LogP) is 2.27. The first-order chi connectivity index (χ1) is 12.6. The van der Waals surface area contributed by atoms with Crippen LogP contribution in [0.5, 0.6) is 0 Å². The number of pyridine rings is 1. The molecule has 4 aromatic heterocycles. The maximum Gasteiger partial charge on any atom is 0.283 e. The lowest BCUT2D eigenvalue weighted by molar-refractivity contribution is 0.602. The molecule has 8 heteroatoms. The molecule has 5 aromatic rings. The minimum Gasteiger partial charge on any atom is -0.443 e. The zero-order valence-corrected chi connectivity index (χ0v) is 14.1. The zero-order chi connectivity index (χ0) is 17.8. The maximum absolute atomic E-state index is 13.0. The molecule has 0 saturated carbocycles. The first-order valence-corrected chi connectivity index (χ1v) is 8.01. The molecule has 8 nitrogen and oxygen atoms in total. The van der Waals surface area contributed by atoms with Crippen molar-refractivity contribution in [1.82, 2.24) is 28.9 Å². The summed E-state index contributed by atoms with van der Waals surface area (Å²) in [6.45, 7) is 0. The summed E-state index contributed by atoms with van der Waals surface area (Å²) < 4.78 is 10.5. The number of aryl methyl sites for hydroxylation is 2. The van der Waals surface area contributed by atoms with Crippen LogP contribution in [0.1, 0.15) is 0 Å². The van der Waals surface area contributed by atoms with E-state index < -0.39 is 0 Å². The summed E-state index contributed by atoms with van der Waals surface area (Å²) in [6.07, 6.45) is 8.55. The van der Waals surface area contributed by atoms with E-state index in [1.807, 2.05) is 43.2 Å². The van der Waals surface area contributed by atoms with E-state index in [4.69, 9.17) is 4.42 Å². The molecule has 0 atom stereocenters. The summed E-state index contributed by atoms with van der Waals surface area (Å²) in [7, 11) is 3.74. The molecule has 0 spiro atoms. The van der Waals surface area contributed by atoms with Gasteiger partial charge in [-0.05, 0) is 18.2 Å². The molecule has 4 heterocycles. The number of imidazole rings is 1. The summed E-state index contributed by atoms with van der Waals surface area (Å²) in [5, 5.41) is 4.25. The number of benzene rings is 1. The lowest BCUT2D eigenvalue weighted by atomic mass is 10.1. The molecule has 26 heavy (non-hydrogen) atoms. The van der Waals surface area contributed by atoms with Crippen LogP contribution in [-0.2, 0) is 14.1 Å². The largest absolute Gasteiger partial charge is 0.443 e. The van der Waals surface area contributed by atoms with E-state index in [9.17, 15) is 4.79 Å². The molecule has 5 rings (SSSR count). The van der Waals surface area contributed by atoms with Gasteiger partial charge in [-0.25, -0.2) is 9.97 Å². The summed E-state index contributed by atoms with van der Waals surface area (Å²) in [6, 6.07) is 5.45. The van der Waals surface area contributed by atoms with Crippen LogP contribution in [-0.4, -0.2) is 28.9 Å². The Balaban J connectivity index is 1.85. The third-order valence-corrected chi connectivity index (χ3v) is 4.48. The van der Waals surface area contributed by atoms with Crippen molar-refractivity contribution in [2.24, 2.45) is 14.1 Å². The van der Waals surface area contributed by atoms with Crippen LogP contribution in [0.15, 0.2) is 58.7 Å². The molecule has 128 valence electrons. The Morgan fingerprint density at radius 2 is 2.00 bits per heavy atom. The normalized spacial score (nSPS) is 11.6. The van der Waals surface area contributed by atoms with Crippen LogP contribution < -0.4 is 5.56 Å². The minimum atomic E-state index is -0.184. The molecule has 0 saturated heterocycles. The van der Waals surface area contributed by atoms with Gasteiger partial charge in [0.25, 0.3) is 5.56 Å². The van der Waals surface area contributed by atoms with Crippen LogP contribution in [0.4, 0.5) is 0 Å². The summed E-state index contributed by atoms with van der Waals surface area (Å²) >= 11 is 0. The maximum atomic E-state index is 13.0. The Labute approximate surface area is 146 Å². The van der Waals surface area contributed by atoms with Crippen molar-refractivity contribution < 1.29 is 4.42 Å². The second-order valence-corrected chi connectivity index (χ2v) is 6.18. The molecule has 0 unspecified atom stereocenters. The first-order valence-electron chi connectivity index (χ1n) is 8.01. The second kappa shape index (κ2) is 5.16. The average Bonchev–Trinajstić information content (AvgIpc) is 3.35. The van der Waals surface area contributed by atoms with Gasteiger partial charge in [-0.1, -0.05) is 0 Å². The van der Waals surface area contributed by atoms with Crippen LogP contribution in [0.25, 0.3) is 38.9 Å². The number of hydrogen-bond acceptors (Lipinski definition) is 5. The van der Waals surface area contributed by atoms with Crippen LogP contribution in [0.3, 0.4) is 0 Å². The SMILES string of the molecule is Cn1cc(-c2cn(-c3ccc4ocnc4c3)c(=O)c3ncn(C)c23)cn1. The Kier molecular flexibility index (Phi) is 2.90. The summed E-state index contributed by atoms with van der Waals surface area (Å²) in [4.78, 5) is 21.5. The van der Waals surface area contributed by atoms with Crippen molar-refractivity contribution >= 4 is 22.1 Å². The summed E-state index contributed by atoms with van der Waals surface area (Å²) in [5.74, 6) is 0. The Morgan fingerprint density at radius 3 is 2.81 bits per heavy atom. The molecule has 0 aliphatic carbocycles. The van der Waals surface area contributed by atoms with Gasteiger partial charge in [0.15, 0.2) is 17.5 Å². The highest BCUT2D eigenvalue weighted by Gasteiger charge is 2.17. The quantitative estimate of drug-likeness (QED) is 0.490. The fourth-order valence-corrected chi connectivity index (χ4v) is 3.23. The van der Waals surface area contributed by atoms with Gasteiger partial charge in [-0.2, -0.15) is 5.10 Å². The fourth-order valence-electron chi connectivity index (χ4n) is 3.23. The summed E-state index contributed by atoms with van der Waals surface area (Å²) in [5.41, 5.74) is 4.87. The van der Waals surface area contributed by atoms with Crippen LogP contribution in [0, 0.1) is 0 Å². The lowest BCUT2D eigenvalue weighted by Gasteiger charge is -2.10. The number of oxazole rings is 1. The van der Waals surface area contributed by atoms with Gasteiger partial charge in [0.1, 0.15) is 5.52 Å². The van der Waals surface area contributed by atoms with E-state index in [2.05, 4.69) is 15.1 Å². The molecule has 0 bridgehead atoms. The van der Waals surface area contributed by atoms with E-state index in [0.717, 1.165) is 16.6 Å². The number of fused-ring (bicyclic) bond motifs is 2. The molecule has 0 N–H and O–H groups in total. The predicted molar refractivity (Wildman–Crippen MR) is 96.1 cm³/mol. The third-order valence-electron chi connectivity index (χ3n) is 4.48. The third kappa shape index (κ3) is 2.02. The first kappa shape index (κ1) is 14.6. The second-order valence-electron chi connectivity index (χ2n) is 6.18. The minimum absolute atomic E-state index is 0.184. The van der Waals surface area contributed by atoms with Gasteiger partial charge >= 0.3 is 0 Å². The molecular formula is C18H14N6O2. The van der Waals surface area contributed by atoms with Crippen molar-refractivity contribution in [3.05, 3.63) is 59.9 Å². The highest BCUT2D eigenvalue weighted by molar-refractivity contribution is 5.91. The molecule has 0 fully saturated rings. The molecule has 1 aromatic carbocycles. The Morgan fingerprint density at radius 1 is 1.12 bits per heavy atom. The van der Waals surface area contributed by atoms with E-state index >= 15 is 0 Å². The Bertz CT molecular complexity index is 1340. The van der Waals surface area contributed by atoms with E-state index in [0.29, 0.717) is 22.3 Å². The van der Waals surface area contributed by atoms with E-state index in [1.165, 1.54) is 6.39 Å². The van der Waals surface area contributed by atoms with E-state index in [1.54, 1.807) is 27.8 Å². The lowest BCUT2D eigenvalue weighted by Crippen LogP contribution is -2.19.